The van der Waals surface area contributed by atoms with Gasteiger partial charge in [0, 0.05) is 11.3 Å². The lowest BCUT2D eigenvalue weighted by Crippen LogP contribution is -2.44. The summed E-state index contributed by atoms with van der Waals surface area (Å²) in [6.07, 6.45) is -9.13. The first-order valence-corrected chi connectivity index (χ1v) is 11.3. The van der Waals surface area contributed by atoms with Crippen LogP contribution in [0.15, 0.2) is 48.5 Å². The number of alkyl halides is 6. The molecule has 2 aromatic rings. The Morgan fingerprint density at radius 1 is 0.941 bits per heavy atom. The molecule has 2 aromatic carbocycles. The molecule has 0 aromatic heterocycles. The Hall–Kier alpha value is -2.69. The summed E-state index contributed by atoms with van der Waals surface area (Å²) in [6.45, 7) is 3.76. The molecular formula is C23H21F6NO3S. The predicted octanol–water partition coefficient (Wildman–Crippen LogP) is 6.18. The van der Waals surface area contributed by atoms with E-state index in [1.54, 1.807) is 0 Å². The Kier molecular flexibility index (Phi) is 7.54. The van der Waals surface area contributed by atoms with E-state index in [0.29, 0.717) is 5.56 Å². The molecule has 1 aliphatic rings. The van der Waals surface area contributed by atoms with Crippen molar-refractivity contribution in [2.45, 2.75) is 37.6 Å². The lowest BCUT2D eigenvalue weighted by atomic mass is 10.1. The number of nitrogens with zero attached hydrogens (tertiary/aromatic N) is 1. The lowest BCUT2D eigenvalue weighted by Gasteiger charge is -2.29. The Labute approximate surface area is 196 Å². The van der Waals surface area contributed by atoms with Gasteiger partial charge in [-0.1, -0.05) is 26.0 Å². The summed E-state index contributed by atoms with van der Waals surface area (Å²) in [7, 11) is 0. The summed E-state index contributed by atoms with van der Waals surface area (Å²) in [4.78, 5) is 27.2. The fraction of sp³-hybridized carbons (Fsp3) is 0.391. The molecule has 0 saturated carbocycles. The van der Waals surface area contributed by atoms with Crippen LogP contribution in [0.4, 0.5) is 26.3 Å². The van der Waals surface area contributed by atoms with E-state index >= 15 is 0 Å². The fourth-order valence-electron chi connectivity index (χ4n) is 3.33. The van der Waals surface area contributed by atoms with Crippen LogP contribution in [0.25, 0.3) is 0 Å². The zero-order chi connectivity index (χ0) is 25.3. The first kappa shape index (κ1) is 25.9. The minimum absolute atomic E-state index is 0.0304. The molecule has 1 aliphatic heterocycles. The van der Waals surface area contributed by atoms with Gasteiger partial charge in [0.15, 0.2) is 0 Å². The molecule has 11 heteroatoms. The van der Waals surface area contributed by atoms with Crippen molar-refractivity contribution < 1.29 is 40.7 Å². The highest BCUT2D eigenvalue weighted by Crippen LogP contribution is 2.43. The summed E-state index contributed by atoms with van der Waals surface area (Å²) in [5.74, 6) is -1.26. The zero-order valence-electron chi connectivity index (χ0n) is 18.1. The molecule has 0 spiro atoms. The molecule has 2 unspecified atom stereocenters. The molecule has 34 heavy (non-hydrogen) atoms. The highest BCUT2D eigenvalue weighted by atomic mass is 32.2. The number of halogens is 6. The fourth-order valence-corrected chi connectivity index (χ4v) is 4.74. The van der Waals surface area contributed by atoms with Gasteiger partial charge in [-0.2, -0.15) is 26.3 Å². The topological polar surface area (TPSA) is 46.6 Å². The van der Waals surface area contributed by atoms with Crippen molar-refractivity contribution in [3.63, 3.8) is 0 Å². The number of amides is 1. The third kappa shape index (κ3) is 5.86. The number of carbonyl (C=O) groups excluding carboxylic acids is 2. The van der Waals surface area contributed by atoms with E-state index in [1.165, 1.54) is 17.0 Å². The Morgan fingerprint density at radius 2 is 1.44 bits per heavy atom. The van der Waals surface area contributed by atoms with Crippen LogP contribution in [-0.2, 0) is 21.9 Å². The van der Waals surface area contributed by atoms with Crippen LogP contribution in [0, 0.1) is 5.92 Å². The van der Waals surface area contributed by atoms with E-state index in [4.69, 9.17) is 4.74 Å². The third-order valence-electron chi connectivity index (χ3n) is 5.05. The molecule has 3 rings (SSSR count). The normalized spacial score (nSPS) is 18.9. The zero-order valence-corrected chi connectivity index (χ0v) is 18.9. The quantitative estimate of drug-likeness (QED) is 0.360. The van der Waals surface area contributed by atoms with E-state index < -0.39 is 46.8 Å². The predicted molar refractivity (Wildman–Crippen MR) is 114 cm³/mol. The average Bonchev–Trinajstić information content (AvgIpc) is 3.21. The highest BCUT2D eigenvalue weighted by Gasteiger charge is 2.44. The molecule has 1 amide bonds. The number of benzene rings is 2. The second-order valence-corrected chi connectivity index (χ2v) is 9.25. The second-order valence-electron chi connectivity index (χ2n) is 8.13. The van der Waals surface area contributed by atoms with E-state index in [2.05, 4.69) is 0 Å². The van der Waals surface area contributed by atoms with Gasteiger partial charge in [-0.3, -0.25) is 4.79 Å². The molecule has 1 saturated heterocycles. The van der Waals surface area contributed by atoms with Crippen molar-refractivity contribution in [3.8, 4) is 0 Å². The summed E-state index contributed by atoms with van der Waals surface area (Å²) in [5, 5.41) is -0.825. The monoisotopic (exact) mass is 505 g/mol. The first-order chi connectivity index (χ1) is 15.8. The van der Waals surface area contributed by atoms with Crippen molar-refractivity contribution in [2.24, 2.45) is 5.92 Å². The highest BCUT2D eigenvalue weighted by molar-refractivity contribution is 7.99. The van der Waals surface area contributed by atoms with Crippen LogP contribution >= 0.6 is 11.8 Å². The van der Waals surface area contributed by atoms with Gasteiger partial charge in [0.2, 0.25) is 0 Å². The maximum atomic E-state index is 13.3. The molecule has 0 aliphatic carbocycles. The van der Waals surface area contributed by atoms with Crippen LogP contribution in [0.1, 0.15) is 46.3 Å². The van der Waals surface area contributed by atoms with Crippen LogP contribution in [0.2, 0.25) is 0 Å². The first-order valence-electron chi connectivity index (χ1n) is 10.2. The van der Waals surface area contributed by atoms with Crippen molar-refractivity contribution >= 4 is 23.6 Å². The number of carbonyl (C=O) groups is 2. The SMILES string of the molecule is CC(C)COC(=O)C1CSC(c2ccc(C(F)(F)F)cc2)N1C(=O)c1ccc(C(F)(F)F)cc1. The van der Waals surface area contributed by atoms with Gasteiger partial charge >= 0.3 is 18.3 Å². The van der Waals surface area contributed by atoms with Crippen molar-refractivity contribution in [1.82, 2.24) is 4.90 Å². The minimum Gasteiger partial charge on any atom is -0.464 e. The van der Waals surface area contributed by atoms with E-state index in [9.17, 15) is 35.9 Å². The average molecular weight is 505 g/mol. The summed E-state index contributed by atoms with van der Waals surface area (Å²) in [6, 6.07) is 6.67. The maximum Gasteiger partial charge on any atom is 0.416 e. The Bertz CT molecular complexity index is 1020. The van der Waals surface area contributed by atoms with Crippen molar-refractivity contribution in [3.05, 3.63) is 70.8 Å². The molecule has 0 N–H and O–H groups in total. The molecule has 2 atom stereocenters. The van der Waals surface area contributed by atoms with E-state index in [0.717, 1.165) is 48.2 Å². The molecular weight excluding hydrogens is 484 g/mol. The molecule has 0 bridgehead atoms. The van der Waals surface area contributed by atoms with Gasteiger partial charge in [0.25, 0.3) is 5.91 Å². The van der Waals surface area contributed by atoms with Gasteiger partial charge < -0.3 is 9.64 Å². The summed E-state index contributed by atoms with van der Waals surface area (Å²) < 4.78 is 82.8. The molecule has 4 nitrogen and oxygen atoms in total. The van der Waals surface area contributed by atoms with E-state index in [1.807, 2.05) is 13.8 Å². The third-order valence-corrected chi connectivity index (χ3v) is 6.37. The number of hydrogen-bond acceptors (Lipinski definition) is 4. The standard InChI is InChI=1S/C23H21F6NO3S/c1-13(2)11-33-21(32)18-12-34-20(15-5-9-17(10-6-15)23(27,28)29)30(18)19(31)14-3-7-16(8-4-14)22(24,25)26/h3-10,13,18,20H,11-12H2,1-2H3. The maximum absolute atomic E-state index is 13.3. The molecule has 1 heterocycles. The van der Waals surface area contributed by atoms with Gasteiger partial charge in [-0.05, 0) is 47.9 Å². The summed E-state index contributed by atoms with van der Waals surface area (Å²) >= 11 is 1.16. The number of hydrogen-bond donors (Lipinski definition) is 0. The van der Waals surface area contributed by atoms with E-state index in [-0.39, 0.29) is 23.8 Å². The Morgan fingerprint density at radius 3 is 1.91 bits per heavy atom. The van der Waals surface area contributed by atoms with Crippen molar-refractivity contribution in [2.75, 3.05) is 12.4 Å². The number of ether oxygens (including phenoxy) is 1. The number of thioether (sulfide) groups is 1. The number of esters is 1. The molecule has 184 valence electrons. The second kappa shape index (κ2) is 9.89. The number of rotatable bonds is 5. The van der Waals surface area contributed by atoms with Crippen LogP contribution < -0.4 is 0 Å². The van der Waals surface area contributed by atoms with Gasteiger partial charge in [-0.25, -0.2) is 4.79 Å². The van der Waals surface area contributed by atoms with Gasteiger partial charge in [0.05, 0.1) is 17.7 Å². The summed E-state index contributed by atoms with van der Waals surface area (Å²) in [5.41, 5.74) is -1.55. The van der Waals surface area contributed by atoms with Crippen molar-refractivity contribution in [1.29, 1.82) is 0 Å². The Balaban J connectivity index is 1.94. The minimum atomic E-state index is -4.59. The van der Waals surface area contributed by atoms with Crippen LogP contribution in [0.3, 0.4) is 0 Å². The van der Waals surface area contributed by atoms with Crippen LogP contribution in [0.5, 0.6) is 0 Å². The molecule has 1 fully saturated rings. The smallest absolute Gasteiger partial charge is 0.416 e. The largest absolute Gasteiger partial charge is 0.464 e. The van der Waals surface area contributed by atoms with Gasteiger partial charge in [0.1, 0.15) is 11.4 Å². The lowest BCUT2D eigenvalue weighted by molar-refractivity contribution is -0.149. The molecule has 0 radical (unpaired) electrons. The van der Waals surface area contributed by atoms with Crippen LogP contribution in [-0.4, -0.2) is 35.2 Å². The van der Waals surface area contributed by atoms with Gasteiger partial charge in [-0.15, -0.1) is 11.8 Å².